The zero-order valence-electron chi connectivity index (χ0n) is 16.9. The molecule has 0 radical (unpaired) electrons. The van der Waals surface area contributed by atoms with Crippen LogP contribution < -0.4 is 15.4 Å². The average Bonchev–Trinajstić information content (AvgIpc) is 3.06. The summed E-state index contributed by atoms with van der Waals surface area (Å²) in [5.41, 5.74) is 5.48. The van der Waals surface area contributed by atoms with Crippen molar-refractivity contribution < 1.29 is 4.74 Å². The quantitative estimate of drug-likeness (QED) is 0.511. The maximum absolute atomic E-state index is 5.28. The number of methoxy groups -OCH3 is 1. The Morgan fingerprint density at radius 3 is 2.54 bits per heavy atom. The molecular weight excluding hydrogens is 350 g/mol. The highest BCUT2D eigenvalue weighted by atomic mass is 16.5. The fourth-order valence-electron chi connectivity index (χ4n) is 3.11. The topological polar surface area (TPSA) is 63.5 Å². The monoisotopic (exact) mass is 377 g/mol. The molecule has 1 heterocycles. The Kier molecular flexibility index (Phi) is 6.32. The molecule has 0 amide bonds. The largest absolute Gasteiger partial charge is 0.497 e. The van der Waals surface area contributed by atoms with E-state index in [-0.39, 0.29) is 0 Å². The third kappa shape index (κ3) is 4.71. The van der Waals surface area contributed by atoms with Crippen LogP contribution in [0.3, 0.4) is 0 Å². The zero-order chi connectivity index (χ0) is 19.9. The molecular formula is C22H27N5O. The van der Waals surface area contributed by atoms with Crippen LogP contribution in [0.2, 0.25) is 0 Å². The Morgan fingerprint density at radius 2 is 1.82 bits per heavy atom. The lowest BCUT2D eigenvalue weighted by Gasteiger charge is -2.15. The van der Waals surface area contributed by atoms with Crippen molar-refractivity contribution in [1.29, 1.82) is 0 Å². The van der Waals surface area contributed by atoms with Gasteiger partial charge in [-0.2, -0.15) is 5.10 Å². The third-order valence-corrected chi connectivity index (χ3v) is 4.49. The second-order valence-corrected chi connectivity index (χ2v) is 6.60. The number of para-hydroxylation sites is 1. The Bertz CT molecular complexity index is 961. The lowest BCUT2D eigenvalue weighted by Crippen LogP contribution is -2.36. The van der Waals surface area contributed by atoms with Crippen molar-refractivity contribution in [3.05, 3.63) is 77.1 Å². The Hall–Kier alpha value is -3.28. The summed E-state index contributed by atoms with van der Waals surface area (Å²) in [5, 5.41) is 11.3. The van der Waals surface area contributed by atoms with Gasteiger partial charge in [-0.05, 0) is 49.2 Å². The Morgan fingerprint density at radius 1 is 1.04 bits per heavy atom. The van der Waals surface area contributed by atoms with Gasteiger partial charge in [-0.25, -0.2) is 4.68 Å². The molecule has 6 nitrogen and oxygen atoms in total. The molecule has 0 atom stereocenters. The zero-order valence-corrected chi connectivity index (χ0v) is 16.9. The summed E-state index contributed by atoms with van der Waals surface area (Å²) in [6.07, 6.45) is 0. The number of aliphatic imine (C=N–C) groups is 1. The first-order valence-corrected chi connectivity index (χ1v) is 9.29. The van der Waals surface area contributed by atoms with Crippen LogP contribution in [-0.2, 0) is 13.1 Å². The molecule has 2 aromatic carbocycles. The summed E-state index contributed by atoms with van der Waals surface area (Å²) >= 11 is 0. The number of guanidine groups is 1. The number of aryl methyl sites for hydroxylation is 2. The number of hydrogen-bond donors (Lipinski definition) is 2. The van der Waals surface area contributed by atoms with E-state index in [1.807, 2.05) is 41.9 Å². The number of aromatic nitrogens is 2. The molecule has 0 bridgehead atoms. The molecule has 6 heteroatoms. The van der Waals surface area contributed by atoms with Gasteiger partial charge in [0.25, 0.3) is 0 Å². The molecule has 0 aliphatic rings. The smallest absolute Gasteiger partial charge is 0.191 e. The molecule has 0 saturated heterocycles. The first kappa shape index (κ1) is 19.5. The maximum atomic E-state index is 5.28. The van der Waals surface area contributed by atoms with Crippen LogP contribution in [0.25, 0.3) is 5.69 Å². The maximum Gasteiger partial charge on any atom is 0.191 e. The van der Waals surface area contributed by atoms with E-state index in [4.69, 9.17) is 4.74 Å². The highest BCUT2D eigenvalue weighted by Gasteiger charge is 2.09. The number of benzene rings is 2. The fourth-order valence-corrected chi connectivity index (χ4v) is 3.11. The van der Waals surface area contributed by atoms with Crippen molar-refractivity contribution in [2.75, 3.05) is 14.2 Å². The second kappa shape index (κ2) is 9.08. The molecule has 0 aliphatic heterocycles. The van der Waals surface area contributed by atoms with Crippen molar-refractivity contribution in [2.45, 2.75) is 26.9 Å². The number of nitrogens with zero attached hydrogens (tertiary/aromatic N) is 3. The van der Waals surface area contributed by atoms with Crippen molar-refractivity contribution in [2.24, 2.45) is 4.99 Å². The summed E-state index contributed by atoms with van der Waals surface area (Å²) in [4.78, 5) is 4.33. The number of rotatable bonds is 6. The molecule has 3 rings (SSSR count). The van der Waals surface area contributed by atoms with Gasteiger partial charge in [0, 0.05) is 25.8 Å². The normalized spacial score (nSPS) is 11.4. The van der Waals surface area contributed by atoms with Crippen molar-refractivity contribution >= 4 is 5.96 Å². The molecule has 0 aliphatic carbocycles. The van der Waals surface area contributed by atoms with Gasteiger partial charge >= 0.3 is 0 Å². The van der Waals surface area contributed by atoms with Crippen LogP contribution in [-0.4, -0.2) is 29.9 Å². The molecule has 3 aromatic rings. The van der Waals surface area contributed by atoms with Crippen LogP contribution in [0, 0.1) is 13.8 Å². The number of ether oxygens (including phenoxy) is 1. The molecule has 1 aromatic heterocycles. The van der Waals surface area contributed by atoms with Gasteiger partial charge in [0.1, 0.15) is 5.75 Å². The first-order valence-electron chi connectivity index (χ1n) is 9.29. The molecule has 2 N–H and O–H groups in total. The molecule has 146 valence electrons. The summed E-state index contributed by atoms with van der Waals surface area (Å²) < 4.78 is 7.26. The molecule has 0 saturated carbocycles. The van der Waals surface area contributed by atoms with Gasteiger partial charge in [-0.15, -0.1) is 0 Å². The van der Waals surface area contributed by atoms with Crippen molar-refractivity contribution in [3.63, 3.8) is 0 Å². The average molecular weight is 377 g/mol. The van der Waals surface area contributed by atoms with Gasteiger partial charge in [0.05, 0.1) is 18.5 Å². The van der Waals surface area contributed by atoms with E-state index in [2.05, 4.69) is 51.9 Å². The SMILES string of the molecule is CN=C(NCc1cccc(OC)c1)NCc1ccccc1-n1nc(C)cc1C. The van der Waals surface area contributed by atoms with Gasteiger partial charge in [-0.3, -0.25) is 4.99 Å². The van der Waals surface area contributed by atoms with Crippen molar-refractivity contribution in [1.82, 2.24) is 20.4 Å². The Labute approximate surface area is 166 Å². The van der Waals surface area contributed by atoms with Crippen LogP contribution in [0.15, 0.2) is 59.6 Å². The predicted molar refractivity (Wildman–Crippen MR) is 113 cm³/mol. The number of hydrogen-bond acceptors (Lipinski definition) is 3. The van der Waals surface area contributed by atoms with E-state index in [0.29, 0.717) is 13.1 Å². The first-order chi connectivity index (χ1) is 13.6. The van der Waals surface area contributed by atoms with Gasteiger partial charge < -0.3 is 15.4 Å². The minimum atomic E-state index is 0.645. The molecule has 0 spiro atoms. The predicted octanol–water partition coefficient (Wildman–Crippen LogP) is 3.36. The summed E-state index contributed by atoms with van der Waals surface area (Å²) in [6.45, 7) is 5.38. The van der Waals surface area contributed by atoms with Crippen LogP contribution in [0.1, 0.15) is 22.5 Å². The second-order valence-electron chi connectivity index (χ2n) is 6.60. The van der Waals surface area contributed by atoms with E-state index in [0.717, 1.165) is 39.9 Å². The van der Waals surface area contributed by atoms with Gasteiger partial charge in [0.2, 0.25) is 0 Å². The van der Waals surface area contributed by atoms with Crippen LogP contribution in [0.5, 0.6) is 5.75 Å². The van der Waals surface area contributed by atoms with Crippen LogP contribution >= 0.6 is 0 Å². The summed E-state index contributed by atoms with van der Waals surface area (Å²) in [6, 6.07) is 18.3. The minimum absolute atomic E-state index is 0.645. The van der Waals surface area contributed by atoms with E-state index < -0.39 is 0 Å². The summed E-state index contributed by atoms with van der Waals surface area (Å²) in [5.74, 6) is 1.59. The fraction of sp³-hybridized carbons (Fsp3) is 0.273. The summed E-state index contributed by atoms with van der Waals surface area (Å²) in [7, 11) is 3.45. The van der Waals surface area contributed by atoms with Gasteiger partial charge in [0.15, 0.2) is 5.96 Å². The van der Waals surface area contributed by atoms with E-state index in [9.17, 15) is 0 Å². The third-order valence-electron chi connectivity index (χ3n) is 4.49. The Balaban J connectivity index is 1.66. The molecule has 0 unspecified atom stereocenters. The lowest BCUT2D eigenvalue weighted by atomic mass is 10.1. The van der Waals surface area contributed by atoms with Gasteiger partial charge in [-0.1, -0.05) is 30.3 Å². The van der Waals surface area contributed by atoms with E-state index in [1.54, 1.807) is 14.2 Å². The number of nitrogens with one attached hydrogen (secondary N) is 2. The lowest BCUT2D eigenvalue weighted by molar-refractivity contribution is 0.414. The standard InChI is InChI=1S/C22H27N5O/c1-16-12-17(2)27(26-16)21-11-6-5-9-19(21)15-25-22(23-3)24-14-18-8-7-10-20(13-18)28-4/h5-13H,14-15H2,1-4H3,(H2,23,24,25). The minimum Gasteiger partial charge on any atom is -0.497 e. The molecule has 0 fully saturated rings. The highest BCUT2D eigenvalue weighted by Crippen LogP contribution is 2.17. The highest BCUT2D eigenvalue weighted by molar-refractivity contribution is 5.79. The van der Waals surface area contributed by atoms with Crippen molar-refractivity contribution in [3.8, 4) is 11.4 Å². The van der Waals surface area contributed by atoms with Crippen LogP contribution in [0.4, 0.5) is 0 Å². The van der Waals surface area contributed by atoms with E-state index in [1.165, 1.54) is 0 Å². The molecule has 28 heavy (non-hydrogen) atoms. The van der Waals surface area contributed by atoms with E-state index >= 15 is 0 Å².